The van der Waals surface area contributed by atoms with E-state index >= 15 is 0 Å². The van der Waals surface area contributed by atoms with Crippen LogP contribution in [0.4, 0.5) is 0 Å². The van der Waals surface area contributed by atoms with Gasteiger partial charge in [-0.2, -0.15) is 0 Å². The van der Waals surface area contributed by atoms with E-state index < -0.39 is 0 Å². The smallest absolute Gasteiger partial charge is 0.0476 e. The Balaban J connectivity index is 2.08. The molecule has 20 heavy (non-hydrogen) atoms. The van der Waals surface area contributed by atoms with Gasteiger partial charge in [0.15, 0.2) is 0 Å². The summed E-state index contributed by atoms with van der Waals surface area (Å²) in [5.41, 5.74) is 1.43. The van der Waals surface area contributed by atoms with Crippen LogP contribution in [-0.2, 0) is 0 Å². The van der Waals surface area contributed by atoms with Crippen LogP contribution in [0.15, 0.2) is 30.3 Å². The van der Waals surface area contributed by atoms with E-state index in [9.17, 15) is 0 Å². The zero-order valence-corrected chi connectivity index (χ0v) is 13.3. The molecular weight excluding hydrogens is 246 g/mol. The summed E-state index contributed by atoms with van der Waals surface area (Å²) in [6.07, 6.45) is 1.23. The van der Waals surface area contributed by atoms with Crippen LogP contribution in [0.5, 0.6) is 0 Å². The first kappa shape index (κ1) is 15.5. The molecule has 0 radical (unpaired) electrons. The number of nitrogens with one attached hydrogen (secondary N) is 1. The molecule has 0 spiro atoms. The summed E-state index contributed by atoms with van der Waals surface area (Å²) < 4.78 is 0. The van der Waals surface area contributed by atoms with Gasteiger partial charge < -0.3 is 10.2 Å². The summed E-state index contributed by atoms with van der Waals surface area (Å²) in [4.78, 5) is 4.96. The molecule has 0 aliphatic carbocycles. The van der Waals surface area contributed by atoms with Crippen LogP contribution in [0.2, 0.25) is 0 Å². The second-order valence-corrected chi connectivity index (χ2v) is 6.37. The molecule has 1 saturated heterocycles. The van der Waals surface area contributed by atoms with Gasteiger partial charge in [0.2, 0.25) is 0 Å². The second kappa shape index (κ2) is 7.21. The van der Waals surface area contributed by atoms with Gasteiger partial charge in [0.05, 0.1) is 0 Å². The first-order chi connectivity index (χ1) is 9.58. The number of nitrogens with zero attached hydrogens (tertiary/aromatic N) is 2. The van der Waals surface area contributed by atoms with E-state index in [2.05, 4.69) is 73.4 Å². The Morgan fingerprint density at radius 1 is 1.30 bits per heavy atom. The molecule has 1 aromatic carbocycles. The number of piperazine rings is 1. The molecule has 2 rings (SSSR count). The Hall–Kier alpha value is -0.900. The van der Waals surface area contributed by atoms with E-state index in [1.807, 2.05) is 0 Å². The Labute approximate surface area is 124 Å². The van der Waals surface area contributed by atoms with E-state index in [1.165, 1.54) is 12.0 Å². The Morgan fingerprint density at radius 3 is 2.65 bits per heavy atom. The highest BCUT2D eigenvalue weighted by Gasteiger charge is 2.30. The van der Waals surface area contributed by atoms with Gasteiger partial charge in [-0.1, -0.05) is 30.3 Å². The fourth-order valence-corrected chi connectivity index (χ4v) is 3.02. The van der Waals surface area contributed by atoms with Gasteiger partial charge in [-0.3, -0.25) is 4.90 Å². The van der Waals surface area contributed by atoms with E-state index in [0.717, 1.165) is 19.6 Å². The molecule has 1 N–H and O–H groups in total. The zero-order chi connectivity index (χ0) is 14.5. The Bertz CT molecular complexity index is 390. The molecule has 0 amide bonds. The van der Waals surface area contributed by atoms with Crippen molar-refractivity contribution in [3.8, 4) is 0 Å². The fourth-order valence-electron chi connectivity index (χ4n) is 3.02. The lowest BCUT2D eigenvalue weighted by atomic mass is 9.98. The molecule has 1 aliphatic rings. The van der Waals surface area contributed by atoms with E-state index in [0.29, 0.717) is 18.1 Å². The minimum atomic E-state index is 0.504. The lowest BCUT2D eigenvalue weighted by molar-refractivity contribution is 0.0846. The van der Waals surface area contributed by atoms with Gasteiger partial charge in [0.1, 0.15) is 0 Å². The Kier molecular flexibility index (Phi) is 5.58. The maximum Gasteiger partial charge on any atom is 0.0476 e. The third-order valence-electron chi connectivity index (χ3n) is 4.29. The number of hydrogen-bond acceptors (Lipinski definition) is 3. The molecule has 1 aromatic rings. The molecule has 112 valence electrons. The summed E-state index contributed by atoms with van der Waals surface area (Å²) in [5, 5.41) is 3.63. The van der Waals surface area contributed by atoms with Crippen molar-refractivity contribution >= 4 is 0 Å². The molecule has 1 aliphatic heterocycles. The van der Waals surface area contributed by atoms with Crippen LogP contribution < -0.4 is 5.32 Å². The highest BCUT2D eigenvalue weighted by Crippen LogP contribution is 2.26. The van der Waals surface area contributed by atoms with Crippen molar-refractivity contribution in [2.24, 2.45) is 0 Å². The van der Waals surface area contributed by atoms with Crippen LogP contribution in [0, 0.1) is 0 Å². The van der Waals surface area contributed by atoms with Crippen LogP contribution >= 0.6 is 0 Å². The molecule has 0 bridgehead atoms. The quantitative estimate of drug-likeness (QED) is 0.890. The highest BCUT2D eigenvalue weighted by molar-refractivity contribution is 5.20. The SMILES string of the molecule is CC1CN(C(C)CCN(C)C)C(c2ccccc2)CN1. The minimum absolute atomic E-state index is 0.504. The molecule has 3 atom stereocenters. The van der Waals surface area contributed by atoms with Gasteiger partial charge in [0.25, 0.3) is 0 Å². The monoisotopic (exact) mass is 275 g/mol. The minimum Gasteiger partial charge on any atom is -0.311 e. The maximum absolute atomic E-state index is 3.63. The highest BCUT2D eigenvalue weighted by atomic mass is 15.3. The summed E-state index contributed by atoms with van der Waals surface area (Å²) in [5.74, 6) is 0. The van der Waals surface area contributed by atoms with Crippen molar-refractivity contribution in [2.75, 3.05) is 33.7 Å². The molecule has 3 unspecified atom stereocenters. The summed E-state index contributed by atoms with van der Waals surface area (Å²) in [6.45, 7) is 8.00. The molecule has 0 saturated carbocycles. The van der Waals surface area contributed by atoms with Gasteiger partial charge in [-0.15, -0.1) is 0 Å². The number of rotatable bonds is 5. The zero-order valence-electron chi connectivity index (χ0n) is 13.3. The van der Waals surface area contributed by atoms with Crippen LogP contribution in [0.1, 0.15) is 31.9 Å². The average Bonchev–Trinajstić information content (AvgIpc) is 2.45. The van der Waals surface area contributed by atoms with Crippen LogP contribution in [-0.4, -0.2) is 55.6 Å². The molecule has 1 fully saturated rings. The van der Waals surface area contributed by atoms with Crippen molar-refractivity contribution in [3.63, 3.8) is 0 Å². The molecular formula is C17H29N3. The van der Waals surface area contributed by atoms with Crippen LogP contribution in [0.25, 0.3) is 0 Å². The van der Waals surface area contributed by atoms with Crippen molar-refractivity contribution in [3.05, 3.63) is 35.9 Å². The first-order valence-corrected chi connectivity index (χ1v) is 7.76. The van der Waals surface area contributed by atoms with Crippen molar-refractivity contribution in [1.82, 2.24) is 15.1 Å². The number of hydrogen-bond donors (Lipinski definition) is 1. The molecule has 3 heteroatoms. The van der Waals surface area contributed by atoms with E-state index in [1.54, 1.807) is 0 Å². The predicted molar refractivity (Wildman–Crippen MR) is 86.0 cm³/mol. The first-order valence-electron chi connectivity index (χ1n) is 7.76. The summed E-state index contributed by atoms with van der Waals surface area (Å²) >= 11 is 0. The van der Waals surface area contributed by atoms with Gasteiger partial charge in [-0.25, -0.2) is 0 Å². The third kappa shape index (κ3) is 4.05. The predicted octanol–water partition coefficient (Wildman–Crippen LogP) is 2.36. The standard InChI is InChI=1S/C17H29N3/c1-14-13-20(15(2)10-11-19(3)4)17(12-18-14)16-8-6-5-7-9-16/h5-9,14-15,17-18H,10-13H2,1-4H3. The van der Waals surface area contributed by atoms with Crippen LogP contribution in [0.3, 0.4) is 0 Å². The van der Waals surface area contributed by atoms with Crippen molar-refractivity contribution in [2.45, 2.75) is 38.4 Å². The molecule has 0 aromatic heterocycles. The van der Waals surface area contributed by atoms with Crippen molar-refractivity contribution in [1.29, 1.82) is 0 Å². The normalized spacial score (nSPS) is 25.9. The summed E-state index contributed by atoms with van der Waals surface area (Å²) in [6, 6.07) is 12.6. The Morgan fingerprint density at radius 2 is 2.00 bits per heavy atom. The van der Waals surface area contributed by atoms with Crippen molar-refractivity contribution < 1.29 is 0 Å². The third-order valence-corrected chi connectivity index (χ3v) is 4.29. The number of benzene rings is 1. The lowest BCUT2D eigenvalue weighted by Gasteiger charge is -2.43. The molecule has 1 heterocycles. The van der Waals surface area contributed by atoms with E-state index in [4.69, 9.17) is 0 Å². The van der Waals surface area contributed by atoms with Gasteiger partial charge in [0, 0.05) is 31.2 Å². The van der Waals surface area contributed by atoms with Gasteiger partial charge >= 0.3 is 0 Å². The van der Waals surface area contributed by atoms with Gasteiger partial charge in [-0.05, 0) is 46.5 Å². The summed E-state index contributed by atoms with van der Waals surface area (Å²) in [7, 11) is 4.31. The largest absolute Gasteiger partial charge is 0.311 e. The second-order valence-electron chi connectivity index (χ2n) is 6.37. The molecule has 3 nitrogen and oxygen atoms in total. The topological polar surface area (TPSA) is 18.5 Å². The lowest BCUT2D eigenvalue weighted by Crippen LogP contribution is -2.54. The maximum atomic E-state index is 3.63. The fraction of sp³-hybridized carbons (Fsp3) is 0.647. The van der Waals surface area contributed by atoms with E-state index in [-0.39, 0.29) is 0 Å². The average molecular weight is 275 g/mol.